The van der Waals surface area contributed by atoms with Crippen molar-refractivity contribution < 1.29 is 14.5 Å². The summed E-state index contributed by atoms with van der Waals surface area (Å²) in [5, 5.41) is 0. The highest BCUT2D eigenvalue weighted by Gasteiger charge is 1.78. The molecule has 0 saturated heterocycles. The van der Waals surface area contributed by atoms with Gasteiger partial charge in [0.2, 0.25) is 0 Å². The molecule has 4 nitrogen and oxygen atoms in total. The molecule has 0 aliphatic rings. The maximum absolute atomic E-state index is 9.29. The lowest BCUT2D eigenvalue weighted by Gasteiger charge is -1.85. The van der Waals surface area contributed by atoms with Crippen molar-refractivity contribution in [2.24, 2.45) is 0 Å². The Bertz CT molecular complexity index is 69.9. The normalized spacial score (nSPS) is 6.83. The Hall–Kier alpha value is -0.930. The molecule has 4 heteroatoms. The van der Waals surface area contributed by atoms with Gasteiger partial charge in [0.1, 0.15) is 7.11 Å². The first-order valence-corrected chi connectivity index (χ1v) is 1.28. The Morgan fingerprint density at radius 3 is 2.50 bits per heavy atom. The van der Waals surface area contributed by atoms with Gasteiger partial charge in [0, 0.05) is 0 Å². The summed E-state index contributed by atoms with van der Waals surface area (Å²) in [6.45, 7) is 0. The zero-order chi connectivity index (χ0) is 4.99. The lowest BCUT2D eigenvalue weighted by Crippen LogP contribution is -1.99. The Morgan fingerprint density at radius 1 is 2.00 bits per heavy atom. The second kappa shape index (κ2) is 2.32. The molecule has 6 heavy (non-hydrogen) atoms. The molecule has 0 N–H and O–H groups in total. The monoisotopic (exact) mass is 88.0 g/mol. The first-order valence-electron chi connectivity index (χ1n) is 1.28. The van der Waals surface area contributed by atoms with Crippen molar-refractivity contribution in [3.05, 3.63) is 5.53 Å². The van der Waals surface area contributed by atoms with E-state index in [1.165, 1.54) is 7.11 Å². The van der Waals surface area contributed by atoms with Crippen LogP contribution in [0.25, 0.3) is 5.53 Å². The van der Waals surface area contributed by atoms with Gasteiger partial charge in [-0.25, -0.2) is 4.79 Å². The van der Waals surface area contributed by atoms with Gasteiger partial charge in [-0.2, -0.15) is 0 Å². The molecule has 0 aromatic carbocycles. The van der Waals surface area contributed by atoms with Crippen molar-refractivity contribution in [1.29, 1.82) is 0 Å². The highest BCUT2D eigenvalue weighted by atomic mass is 16.7. The van der Waals surface area contributed by atoms with E-state index in [1.807, 2.05) is 0 Å². The minimum Gasteiger partial charge on any atom is -0.441 e. The van der Waals surface area contributed by atoms with Crippen LogP contribution in [0.1, 0.15) is 0 Å². The Kier molecular flexibility index (Phi) is 1.96. The number of hydroxylamine groups is 1. The van der Waals surface area contributed by atoms with E-state index in [-0.39, 0.29) is 11.3 Å². The van der Waals surface area contributed by atoms with Crippen LogP contribution in [0.3, 0.4) is 0 Å². The molecule has 0 aliphatic carbocycles. The minimum absolute atomic E-state index is 0.0694. The van der Waals surface area contributed by atoms with Crippen LogP contribution in [0, 0.1) is 0 Å². The fourth-order valence-corrected chi connectivity index (χ4v) is 0.0430. The van der Waals surface area contributed by atoms with Crippen molar-refractivity contribution >= 4 is 6.41 Å². The summed E-state index contributed by atoms with van der Waals surface area (Å²) in [5.41, 5.74) is 7.91. The zero-order valence-electron chi connectivity index (χ0n) is 3.29. The second-order valence-corrected chi connectivity index (χ2v) is 0.591. The average molecular weight is 88.1 g/mol. The fourth-order valence-electron chi connectivity index (χ4n) is 0.0430. The summed E-state index contributed by atoms with van der Waals surface area (Å²) in [6.07, 6.45) is 0.139. The SMILES string of the molecule is CO[N+](=[N-])C=O. The van der Waals surface area contributed by atoms with Crippen LogP contribution in [-0.4, -0.2) is 18.4 Å². The van der Waals surface area contributed by atoms with E-state index in [4.69, 9.17) is 5.53 Å². The van der Waals surface area contributed by atoms with Crippen LogP contribution in [0.15, 0.2) is 0 Å². The summed E-state index contributed by atoms with van der Waals surface area (Å²) in [5.74, 6) is 0. The molecular formula is C2H4N2O2. The van der Waals surface area contributed by atoms with Gasteiger partial charge in [-0.05, 0) is 4.86 Å². The number of nitrogens with zero attached hydrogens (tertiary/aromatic N) is 2. The van der Waals surface area contributed by atoms with Crippen LogP contribution in [0.4, 0.5) is 0 Å². The molecule has 34 valence electrons. The number of hydrogen-bond acceptors (Lipinski definition) is 2. The summed E-state index contributed by atoms with van der Waals surface area (Å²) >= 11 is 0. The van der Waals surface area contributed by atoms with Crippen LogP contribution in [0.5, 0.6) is 0 Å². The quantitative estimate of drug-likeness (QED) is 0.202. The summed E-state index contributed by atoms with van der Waals surface area (Å²) < 4.78 is 0. The van der Waals surface area contributed by atoms with E-state index < -0.39 is 0 Å². The zero-order valence-corrected chi connectivity index (χ0v) is 3.29. The number of hydrogen-bond donors (Lipinski definition) is 0. The van der Waals surface area contributed by atoms with Gasteiger partial charge in [0.05, 0.1) is 0 Å². The molecule has 0 aromatic rings. The molecule has 0 spiro atoms. The second-order valence-electron chi connectivity index (χ2n) is 0.591. The van der Waals surface area contributed by atoms with Crippen molar-refractivity contribution in [3.63, 3.8) is 0 Å². The van der Waals surface area contributed by atoms with Gasteiger partial charge in [-0.15, -0.1) is 0 Å². The Labute approximate surface area is 34.8 Å². The largest absolute Gasteiger partial charge is 0.441 e. The van der Waals surface area contributed by atoms with Gasteiger partial charge < -0.3 is 5.53 Å². The molecular weight excluding hydrogens is 84.0 g/mol. The molecule has 0 rings (SSSR count). The first kappa shape index (κ1) is 5.07. The molecule has 0 radical (unpaired) electrons. The van der Waals surface area contributed by atoms with Crippen molar-refractivity contribution in [2.75, 3.05) is 7.11 Å². The van der Waals surface area contributed by atoms with E-state index in [2.05, 4.69) is 4.84 Å². The van der Waals surface area contributed by atoms with Crippen LogP contribution in [-0.2, 0) is 9.63 Å². The highest BCUT2D eigenvalue weighted by molar-refractivity contribution is 5.32. The summed E-state index contributed by atoms with van der Waals surface area (Å²) in [6, 6.07) is 0. The van der Waals surface area contributed by atoms with Crippen molar-refractivity contribution in [1.82, 2.24) is 0 Å². The Balaban J connectivity index is 3.23. The van der Waals surface area contributed by atoms with E-state index in [0.717, 1.165) is 0 Å². The van der Waals surface area contributed by atoms with Crippen LogP contribution >= 0.6 is 0 Å². The third kappa shape index (κ3) is 1.40. The van der Waals surface area contributed by atoms with E-state index in [9.17, 15) is 4.79 Å². The van der Waals surface area contributed by atoms with Crippen LogP contribution in [0.2, 0.25) is 0 Å². The van der Waals surface area contributed by atoms with Crippen molar-refractivity contribution in [2.45, 2.75) is 0 Å². The molecule has 0 saturated carbocycles. The predicted molar refractivity (Wildman–Crippen MR) is 16.7 cm³/mol. The molecule has 0 bridgehead atoms. The van der Waals surface area contributed by atoms with Crippen LogP contribution < -0.4 is 0 Å². The van der Waals surface area contributed by atoms with Gasteiger partial charge in [0.25, 0.3) is 0 Å². The molecule has 0 unspecified atom stereocenters. The lowest BCUT2D eigenvalue weighted by molar-refractivity contribution is -0.719. The molecule has 1 amide bonds. The topological polar surface area (TPSA) is 51.6 Å². The number of carbonyl (C=O) groups excluding carboxylic acids is 1. The molecule has 0 atom stereocenters. The summed E-state index contributed by atoms with van der Waals surface area (Å²) in [4.78, 5) is 13.3. The fraction of sp³-hybridized carbons (Fsp3) is 0.500. The molecule has 0 fully saturated rings. The van der Waals surface area contributed by atoms with E-state index in [1.54, 1.807) is 0 Å². The van der Waals surface area contributed by atoms with Gasteiger partial charge in [0.15, 0.2) is 0 Å². The van der Waals surface area contributed by atoms with E-state index in [0.29, 0.717) is 0 Å². The summed E-state index contributed by atoms with van der Waals surface area (Å²) in [7, 11) is 1.18. The maximum Gasteiger partial charge on any atom is 0.411 e. The maximum atomic E-state index is 9.29. The number of carbonyl (C=O) groups is 1. The van der Waals surface area contributed by atoms with Gasteiger partial charge in [-0.3, -0.25) is 4.84 Å². The predicted octanol–water partition coefficient (Wildman–Crippen LogP) is -0.262. The first-order chi connectivity index (χ1) is 2.81. The standard InChI is InChI=1S/C2H4N2O2/c1-6-4(3)2-5/h2H,1H3. The number of rotatable bonds is 2. The Morgan fingerprint density at radius 2 is 2.50 bits per heavy atom. The number of amides is 1. The van der Waals surface area contributed by atoms with Gasteiger partial charge in [-0.1, -0.05) is 0 Å². The van der Waals surface area contributed by atoms with Crippen molar-refractivity contribution in [3.8, 4) is 0 Å². The average Bonchev–Trinajstić information content (AvgIpc) is 1.65. The highest BCUT2D eigenvalue weighted by Crippen LogP contribution is 1.59. The molecule has 0 aliphatic heterocycles. The third-order valence-corrected chi connectivity index (χ3v) is 0.277. The smallest absolute Gasteiger partial charge is 0.411 e. The minimum atomic E-state index is 0.0694. The third-order valence-electron chi connectivity index (χ3n) is 0.277. The van der Waals surface area contributed by atoms with Gasteiger partial charge >= 0.3 is 6.41 Å². The van der Waals surface area contributed by atoms with E-state index >= 15 is 0 Å². The lowest BCUT2D eigenvalue weighted by atomic mass is 11.4. The molecule has 0 aromatic heterocycles. The molecule has 0 heterocycles.